The summed E-state index contributed by atoms with van der Waals surface area (Å²) in [5, 5.41) is 4.63. The minimum absolute atomic E-state index is 0.169. The predicted octanol–water partition coefficient (Wildman–Crippen LogP) is 3.10. The number of urea groups is 1. The van der Waals surface area contributed by atoms with E-state index in [1.165, 1.54) is 11.0 Å². The number of alkyl halides is 3. The Morgan fingerprint density at radius 2 is 2.00 bits per heavy atom. The third-order valence-electron chi connectivity index (χ3n) is 5.39. The Morgan fingerprint density at radius 1 is 1.23 bits per heavy atom. The van der Waals surface area contributed by atoms with Crippen molar-refractivity contribution in [1.29, 1.82) is 0 Å². The van der Waals surface area contributed by atoms with Crippen LogP contribution in [0.1, 0.15) is 29.4 Å². The Bertz CT molecular complexity index is 1010. The molecule has 2 aliphatic rings. The van der Waals surface area contributed by atoms with Crippen LogP contribution >= 0.6 is 0 Å². The van der Waals surface area contributed by atoms with E-state index in [2.05, 4.69) is 15.3 Å². The fourth-order valence-electron chi connectivity index (χ4n) is 3.66. The average molecular weight is 434 g/mol. The normalized spacial score (nSPS) is 18.4. The Kier molecular flexibility index (Phi) is 5.19. The van der Waals surface area contributed by atoms with Gasteiger partial charge in [0.15, 0.2) is 5.82 Å². The number of pyridine rings is 2. The summed E-state index contributed by atoms with van der Waals surface area (Å²) >= 11 is 0. The van der Waals surface area contributed by atoms with Crippen molar-refractivity contribution in [2.45, 2.75) is 38.5 Å². The molecule has 0 aromatic carbocycles. The molecule has 2 aromatic rings. The van der Waals surface area contributed by atoms with Crippen LogP contribution in [0.4, 0.5) is 35.3 Å². The molecule has 2 aliphatic heterocycles. The summed E-state index contributed by atoms with van der Waals surface area (Å²) in [6.45, 7) is 4.06. The molecule has 8 nitrogen and oxygen atoms in total. The molecular formula is C20H21F3N6O2. The van der Waals surface area contributed by atoms with Gasteiger partial charge < -0.3 is 10.2 Å². The number of halogens is 3. The molecule has 4 heterocycles. The number of aromatic nitrogens is 2. The van der Waals surface area contributed by atoms with Gasteiger partial charge in [-0.2, -0.15) is 13.2 Å². The fraction of sp³-hybridized carbons (Fsp3) is 0.400. The van der Waals surface area contributed by atoms with Crippen LogP contribution in [0.15, 0.2) is 30.5 Å². The molecule has 4 rings (SSSR count). The second kappa shape index (κ2) is 7.71. The lowest BCUT2D eigenvalue weighted by molar-refractivity contribution is -0.149. The Labute approximate surface area is 176 Å². The summed E-state index contributed by atoms with van der Waals surface area (Å²) in [4.78, 5) is 37.4. The standard InChI is InChI=1S/C20H21F3N6O2/c1-11-3-6-16(24-9-11)27-19(31)29-13-7-8-28(10-13)15-5-4-14(26-17(15)29)18(30)25-12(2)20(21,22)23/h3-6,9,12-13H,7-8,10H2,1-2H3,(H,25,30)(H,24,27,31)/t12-,13?/m1/s1. The van der Waals surface area contributed by atoms with Crippen LogP contribution in [-0.2, 0) is 0 Å². The molecule has 3 amide bonds. The van der Waals surface area contributed by atoms with Gasteiger partial charge in [-0.05, 0) is 44.0 Å². The number of hydrogen-bond acceptors (Lipinski definition) is 5. The van der Waals surface area contributed by atoms with Gasteiger partial charge in [0.1, 0.15) is 17.6 Å². The van der Waals surface area contributed by atoms with Gasteiger partial charge in [0.2, 0.25) is 0 Å². The van der Waals surface area contributed by atoms with Gasteiger partial charge in [0.25, 0.3) is 5.91 Å². The van der Waals surface area contributed by atoms with Crippen molar-refractivity contribution in [3.8, 4) is 0 Å². The lowest BCUT2D eigenvalue weighted by atomic mass is 10.1. The van der Waals surface area contributed by atoms with Gasteiger partial charge in [-0.1, -0.05) is 6.07 Å². The van der Waals surface area contributed by atoms with Gasteiger partial charge in [0, 0.05) is 19.3 Å². The van der Waals surface area contributed by atoms with Gasteiger partial charge in [0.05, 0.1) is 11.7 Å². The molecule has 11 heteroatoms. The van der Waals surface area contributed by atoms with E-state index in [1.54, 1.807) is 18.3 Å². The topological polar surface area (TPSA) is 90.5 Å². The first-order chi connectivity index (χ1) is 14.6. The first kappa shape index (κ1) is 20.9. The van der Waals surface area contributed by atoms with Crippen LogP contribution in [0.5, 0.6) is 0 Å². The summed E-state index contributed by atoms with van der Waals surface area (Å²) < 4.78 is 38.4. The average Bonchev–Trinajstić information content (AvgIpc) is 3.13. The van der Waals surface area contributed by atoms with E-state index in [0.717, 1.165) is 12.5 Å². The first-order valence-corrected chi connectivity index (χ1v) is 9.80. The van der Waals surface area contributed by atoms with E-state index in [9.17, 15) is 22.8 Å². The molecule has 31 heavy (non-hydrogen) atoms. The van der Waals surface area contributed by atoms with E-state index in [-0.39, 0.29) is 17.6 Å². The lowest BCUT2D eigenvalue weighted by Gasteiger charge is -2.35. The molecule has 0 saturated carbocycles. The maximum Gasteiger partial charge on any atom is 0.408 e. The zero-order valence-corrected chi connectivity index (χ0v) is 16.9. The van der Waals surface area contributed by atoms with Crippen LogP contribution in [0.25, 0.3) is 0 Å². The molecule has 0 spiro atoms. The lowest BCUT2D eigenvalue weighted by Crippen LogP contribution is -2.49. The number of nitrogens with zero attached hydrogens (tertiary/aromatic N) is 4. The molecule has 2 N–H and O–H groups in total. The van der Waals surface area contributed by atoms with Gasteiger partial charge >= 0.3 is 12.2 Å². The minimum atomic E-state index is -4.57. The molecular weight excluding hydrogens is 413 g/mol. The summed E-state index contributed by atoms with van der Waals surface area (Å²) in [6, 6.07) is 3.82. The number of anilines is 3. The van der Waals surface area contributed by atoms with E-state index in [4.69, 9.17) is 0 Å². The van der Waals surface area contributed by atoms with E-state index in [1.807, 2.05) is 23.2 Å². The SMILES string of the molecule is Cc1ccc(NC(=O)N2c3nc(C(=O)N[C@H](C)C(F)(F)F)ccc3N3CCC2C3)nc1. The highest BCUT2D eigenvalue weighted by Crippen LogP contribution is 2.39. The van der Waals surface area contributed by atoms with Crippen LogP contribution < -0.4 is 20.4 Å². The number of carbonyl (C=O) groups excluding carboxylic acids is 2. The molecule has 1 unspecified atom stereocenters. The first-order valence-electron chi connectivity index (χ1n) is 9.80. The van der Waals surface area contributed by atoms with Crippen molar-refractivity contribution in [3.63, 3.8) is 0 Å². The summed E-state index contributed by atoms with van der Waals surface area (Å²) in [7, 11) is 0. The van der Waals surface area contributed by atoms with Crippen molar-refractivity contribution < 1.29 is 22.8 Å². The number of aryl methyl sites for hydroxylation is 1. The van der Waals surface area contributed by atoms with Crippen molar-refractivity contribution >= 4 is 29.3 Å². The zero-order chi connectivity index (χ0) is 22.3. The van der Waals surface area contributed by atoms with Crippen LogP contribution in [0, 0.1) is 6.92 Å². The third-order valence-corrected chi connectivity index (χ3v) is 5.39. The molecule has 1 fully saturated rings. The largest absolute Gasteiger partial charge is 0.408 e. The number of hydrogen-bond donors (Lipinski definition) is 2. The Hall–Kier alpha value is -3.37. The number of fused-ring (bicyclic) bond motifs is 4. The van der Waals surface area contributed by atoms with E-state index in [0.29, 0.717) is 31.0 Å². The van der Waals surface area contributed by atoms with Crippen LogP contribution in [-0.4, -0.2) is 53.3 Å². The maximum absolute atomic E-state index is 13.1. The van der Waals surface area contributed by atoms with E-state index >= 15 is 0 Å². The van der Waals surface area contributed by atoms with E-state index < -0.39 is 24.2 Å². The highest BCUT2D eigenvalue weighted by atomic mass is 19.4. The molecule has 2 atom stereocenters. The summed E-state index contributed by atoms with van der Waals surface area (Å²) in [5.74, 6) is -0.350. The second-order valence-electron chi connectivity index (χ2n) is 7.69. The smallest absolute Gasteiger partial charge is 0.366 e. The number of amides is 3. The molecule has 0 radical (unpaired) electrons. The minimum Gasteiger partial charge on any atom is -0.366 e. The predicted molar refractivity (Wildman–Crippen MR) is 108 cm³/mol. The second-order valence-corrected chi connectivity index (χ2v) is 7.69. The monoisotopic (exact) mass is 434 g/mol. The highest BCUT2D eigenvalue weighted by Gasteiger charge is 2.41. The van der Waals surface area contributed by atoms with Gasteiger partial charge in [-0.15, -0.1) is 0 Å². The number of rotatable bonds is 3. The quantitative estimate of drug-likeness (QED) is 0.775. The van der Waals surface area contributed by atoms with Crippen LogP contribution in [0.3, 0.4) is 0 Å². The van der Waals surface area contributed by atoms with Crippen molar-refractivity contribution in [2.24, 2.45) is 0 Å². The molecule has 1 saturated heterocycles. The molecule has 2 bridgehead atoms. The molecule has 164 valence electrons. The Balaban J connectivity index is 1.62. The molecule has 2 aromatic heterocycles. The zero-order valence-electron chi connectivity index (χ0n) is 16.9. The third kappa shape index (κ3) is 4.12. The molecule has 0 aliphatic carbocycles. The highest BCUT2D eigenvalue weighted by molar-refractivity contribution is 6.05. The maximum atomic E-state index is 13.1. The summed E-state index contributed by atoms with van der Waals surface area (Å²) in [5.41, 5.74) is 1.41. The Morgan fingerprint density at radius 3 is 2.68 bits per heavy atom. The summed E-state index contributed by atoms with van der Waals surface area (Å²) in [6.07, 6.45) is -2.24. The number of carbonyl (C=O) groups is 2. The van der Waals surface area contributed by atoms with Gasteiger partial charge in [-0.3, -0.25) is 15.0 Å². The van der Waals surface area contributed by atoms with Gasteiger partial charge in [-0.25, -0.2) is 14.8 Å². The van der Waals surface area contributed by atoms with Crippen molar-refractivity contribution in [3.05, 3.63) is 41.7 Å². The number of nitrogens with one attached hydrogen (secondary N) is 2. The van der Waals surface area contributed by atoms with Crippen LogP contribution in [0.2, 0.25) is 0 Å². The van der Waals surface area contributed by atoms with Crippen molar-refractivity contribution in [2.75, 3.05) is 28.2 Å². The fourth-order valence-corrected chi connectivity index (χ4v) is 3.66. The van der Waals surface area contributed by atoms with Crippen molar-refractivity contribution in [1.82, 2.24) is 15.3 Å².